The van der Waals surface area contributed by atoms with E-state index in [0.717, 1.165) is 80.7 Å². The zero-order chi connectivity index (χ0) is 38.3. The van der Waals surface area contributed by atoms with Crippen molar-refractivity contribution in [2.24, 2.45) is 0 Å². The summed E-state index contributed by atoms with van der Waals surface area (Å²) in [5.74, 6) is 0.324. The molecule has 2 fully saturated rings. The molecule has 53 heavy (non-hydrogen) atoms. The molecule has 4 rings (SSSR count). The maximum atomic E-state index is 12.4. The number of hydrogen-bond acceptors (Lipinski definition) is 13. The molecule has 10 N–H and O–H groups in total. The molecule has 1 aromatic carbocycles. The predicted octanol–water partition coefficient (Wildman–Crippen LogP) is 1.06. The van der Waals surface area contributed by atoms with Crippen LogP contribution in [0.1, 0.15) is 83.1 Å². The van der Waals surface area contributed by atoms with Crippen LogP contribution in [0.4, 0.5) is 0 Å². The summed E-state index contributed by atoms with van der Waals surface area (Å²) in [6.07, 6.45) is 2.44. The summed E-state index contributed by atoms with van der Waals surface area (Å²) in [7, 11) is 0. The first-order valence-corrected chi connectivity index (χ1v) is 19.0. The molecule has 2 aliphatic heterocycles. The van der Waals surface area contributed by atoms with Crippen molar-refractivity contribution in [3.8, 4) is 5.75 Å². The van der Waals surface area contributed by atoms with Gasteiger partial charge in [-0.2, -0.15) is 0 Å². The van der Waals surface area contributed by atoms with Gasteiger partial charge in [-0.05, 0) is 75.6 Å². The first-order chi connectivity index (χ1) is 25.5. The summed E-state index contributed by atoms with van der Waals surface area (Å²) in [6, 6.07) is 5.17. The van der Waals surface area contributed by atoms with Crippen LogP contribution >= 0.6 is 0 Å². The Hall–Kier alpha value is -2.67. The van der Waals surface area contributed by atoms with E-state index in [1.165, 1.54) is 0 Å². The number of aliphatic hydroxyl groups excluding tert-OH is 8. The molecule has 15 heteroatoms. The number of nitrogens with one attached hydrogen (secondary N) is 2. The van der Waals surface area contributed by atoms with Crippen LogP contribution in [-0.2, 0) is 25.4 Å². The number of carbonyl (C=O) groups excluding carboxylic acids is 1. The number of ether oxygens (including phenoxy) is 4. The molecular formula is C38H60N2O13. The van der Waals surface area contributed by atoms with Crippen LogP contribution in [0.5, 0.6) is 5.75 Å². The van der Waals surface area contributed by atoms with Gasteiger partial charge >= 0.3 is 0 Å². The monoisotopic (exact) mass is 752 g/mol. The lowest BCUT2D eigenvalue weighted by molar-refractivity contribution is -0.323. The average Bonchev–Trinajstić information content (AvgIpc) is 3.54. The Labute approximate surface area is 310 Å². The van der Waals surface area contributed by atoms with E-state index in [1.54, 1.807) is 18.2 Å². The van der Waals surface area contributed by atoms with E-state index < -0.39 is 74.6 Å². The number of aliphatic hydroxyl groups is 8. The molecule has 1 unspecified atom stereocenters. The predicted molar refractivity (Wildman–Crippen MR) is 194 cm³/mol. The number of carbonyl (C=O) groups is 1. The van der Waals surface area contributed by atoms with Gasteiger partial charge in [-0.1, -0.05) is 37.8 Å². The van der Waals surface area contributed by atoms with Crippen molar-refractivity contribution in [3.63, 3.8) is 0 Å². The van der Waals surface area contributed by atoms with Crippen LogP contribution in [0.25, 0.3) is 10.9 Å². The Kier molecular flexibility index (Phi) is 17.9. The first-order valence-electron chi connectivity index (χ1n) is 19.0. The molecular weight excluding hydrogens is 692 g/mol. The second kappa shape index (κ2) is 22.0. The van der Waals surface area contributed by atoms with E-state index in [-0.39, 0.29) is 12.0 Å². The average molecular weight is 753 g/mol. The van der Waals surface area contributed by atoms with Crippen LogP contribution in [0.3, 0.4) is 0 Å². The molecule has 1 amide bonds. The number of amides is 1. The molecule has 0 bridgehead atoms. The number of H-pyrrole nitrogens is 1. The van der Waals surface area contributed by atoms with Gasteiger partial charge in [0.2, 0.25) is 12.2 Å². The third kappa shape index (κ3) is 13.0. The number of unbranched alkanes of at least 4 members (excludes halogenated alkanes) is 7. The van der Waals surface area contributed by atoms with Crippen LogP contribution < -0.4 is 10.1 Å². The lowest BCUT2D eigenvalue weighted by atomic mass is 9.98. The van der Waals surface area contributed by atoms with Gasteiger partial charge in [0.1, 0.15) is 54.6 Å². The van der Waals surface area contributed by atoms with Crippen molar-refractivity contribution in [1.29, 1.82) is 0 Å². The maximum Gasteiger partial charge on any atom is 0.229 e. The highest BCUT2D eigenvalue weighted by Gasteiger charge is 2.48. The Morgan fingerprint density at radius 2 is 1.49 bits per heavy atom. The summed E-state index contributed by atoms with van der Waals surface area (Å²) < 4.78 is 22.5. The Balaban J connectivity index is 1.17. The number of rotatable bonds is 22. The number of benzene rings is 1. The fraction of sp³-hybridized carbons (Fsp3) is 0.711. The van der Waals surface area contributed by atoms with Crippen molar-refractivity contribution >= 4 is 16.8 Å². The second-order valence-electron chi connectivity index (χ2n) is 14.2. The quantitative estimate of drug-likeness (QED) is 0.0599. The first kappa shape index (κ1) is 43.1. The van der Waals surface area contributed by atoms with Gasteiger partial charge in [0.25, 0.3) is 0 Å². The highest BCUT2D eigenvalue weighted by atomic mass is 16.7. The second-order valence-corrected chi connectivity index (χ2v) is 14.2. The fourth-order valence-electron chi connectivity index (χ4n) is 6.56. The lowest BCUT2D eigenvalue weighted by Gasteiger charge is -2.42. The van der Waals surface area contributed by atoms with Gasteiger partial charge in [0.05, 0.1) is 19.3 Å². The van der Waals surface area contributed by atoms with Gasteiger partial charge in [0.15, 0.2) is 6.29 Å². The number of allylic oxidation sites excluding steroid dienone is 2. The minimum Gasteiger partial charge on any atom is -0.462 e. The van der Waals surface area contributed by atoms with E-state index in [1.807, 2.05) is 13.1 Å². The Bertz CT molecular complexity index is 1390. The standard InChI is InChI=1S/C38H60N2O13/c1-23(42)13-11-9-7-5-3-2-4-6-8-10-12-14-30(43)39-18-17-24-20-40-27-16-15-25(19-26(24)27)51-38-36(49)34(47)32(45)29(53-38)22-50-37-35(48)33(46)31(44)28(21-41)52-37/h3,5,15-16,19-20,23,28-29,31-38,40-42,44-49H,2,4,6-14,17-18,21-22H2,1H3,(H,39,43)/b5-3-/t23?,28-,29-,31-,32-,33+,34+,35-,36-,37+,38+/m1/s1. The maximum absolute atomic E-state index is 12.4. The highest BCUT2D eigenvalue weighted by Crippen LogP contribution is 2.29. The molecule has 2 aliphatic rings. The SMILES string of the molecule is CC(O)CCCC/C=C\CCCCCCCC(=O)NCCc1c[nH]c2ccc(O[C@H]3O[C@H](CO[C@H]4O[C@H](CO)[C@@H](O)[C@H](O)[C@H]4O)[C@@H](O)[C@H](O)[C@H]3O)cc12. The van der Waals surface area contributed by atoms with Crippen LogP contribution in [0.15, 0.2) is 36.5 Å². The van der Waals surface area contributed by atoms with E-state index in [0.29, 0.717) is 25.1 Å². The summed E-state index contributed by atoms with van der Waals surface area (Å²) in [5.41, 5.74) is 1.76. The molecule has 300 valence electrons. The molecule has 0 radical (unpaired) electrons. The van der Waals surface area contributed by atoms with Crippen LogP contribution in [-0.4, -0.2) is 139 Å². The fourth-order valence-corrected chi connectivity index (χ4v) is 6.56. The molecule has 11 atom stereocenters. The molecule has 3 heterocycles. The van der Waals surface area contributed by atoms with Crippen molar-refractivity contribution in [1.82, 2.24) is 10.3 Å². The molecule has 1 aromatic heterocycles. The van der Waals surface area contributed by atoms with Crippen LogP contribution in [0.2, 0.25) is 0 Å². The molecule has 0 spiro atoms. The van der Waals surface area contributed by atoms with Gasteiger partial charge in [0, 0.05) is 30.1 Å². The number of aromatic nitrogens is 1. The topological polar surface area (TPSA) is 244 Å². The van der Waals surface area contributed by atoms with Gasteiger partial charge in [-0.15, -0.1) is 0 Å². The van der Waals surface area contributed by atoms with Crippen molar-refractivity contribution in [3.05, 3.63) is 42.1 Å². The van der Waals surface area contributed by atoms with E-state index in [2.05, 4.69) is 22.5 Å². The van der Waals surface area contributed by atoms with E-state index in [4.69, 9.17) is 18.9 Å². The zero-order valence-corrected chi connectivity index (χ0v) is 30.5. The largest absolute Gasteiger partial charge is 0.462 e. The van der Waals surface area contributed by atoms with Crippen molar-refractivity contribution in [2.45, 2.75) is 151 Å². The van der Waals surface area contributed by atoms with Crippen molar-refractivity contribution in [2.75, 3.05) is 19.8 Å². The smallest absolute Gasteiger partial charge is 0.229 e. The number of hydrogen-bond donors (Lipinski definition) is 10. The third-order valence-electron chi connectivity index (χ3n) is 9.83. The van der Waals surface area contributed by atoms with Crippen LogP contribution in [0, 0.1) is 0 Å². The molecule has 15 nitrogen and oxygen atoms in total. The Morgan fingerprint density at radius 1 is 0.849 bits per heavy atom. The third-order valence-corrected chi connectivity index (χ3v) is 9.83. The van der Waals surface area contributed by atoms with Gasteiger partial charge in [-0.3, -0.25) is 4.79 Å². The lowest BCUT2D eigenvalue weighted by Crippen LogP contribution is -2.62. The summed E-state index contributed by atoms with van der Waals surface area (Å²) in [6.45, 7) is 1.16. The Morgan fingerprint density at radius 3 is 2.21 bits per heavy atom. The molecule has 0 saturated carbocycles. The number of aromatic amines is 1. The molecule has 2 aromatic rings. The molecule has 2 saturated heterocycles. The summed E-state index contributed by atoms with van der Waals surface area (Å²) in [4.78, 5) is 15.6. The summed E-state index contributed by atoms with van der Waals surface area (Å²) in [5, 5.41) is 84.5. The number of fused-ring (bicyclic) bond motifs is 1. The zero-order valence-electron chi connectivity index (χ0n) is 30.5. The normalized spacial score (nSPS) is 29.8. The minimum atomic E-state index is -1.68. The van der Waals surface area contributed by atoms with E-state index in [9.17, 15) is 45.6 Å². The van der Waals surface area contributed by atoms with Gasteiger partial charge in [-0.25, -0.2) is 0 Å². The summed E-state index contributed by atoms with van der Waals surface area (Å²) >= 11 is 0. The van der Waals surface area contributed by atoms with E-state index >= 15 is 0 Å². The molecule has 0 aliphatic carbocycles. The minimum absolute atomic E-state index is 0.0154. The van der Waals surface area contributed by atoms with Crippen molar-refractivity contribution < 1.29 is 64.6 Å². The highest BCUT2D eigenvalue weighted by molar-refractivity contribution is 5.84. The van der Waals surface area contributed by atoms with Gasteiger partial charge < -0.3 is 70.1 Å².